The van der Waals surface area contributed by atoms with Gasteiger partial charge >= 0.3 is 0 Å². The molecule has 0 fully saturated rings. The zero-order chi connectivity index (χ0) is 15.8. The largest absolute Gasteiger partial charge is 0.370 e. The Hall–Kier alpha value is -0.0500. The highest BCUT2D eigenvalue weighted by molar-refractivity contribution is 9.09. The lowest BCUT2D eigenvalue weighted by Gasteiger charge is -2.08. The van der Waals surface area contributed by atoms with Crippen LogP contribution in [0.25, 0.3) is 0 Å². The molecule has 0 bridgehead atoms. The Balaban J connectivity index is 3.10. The van der Waals surface area contributed by atoms with Gasteiger partial charge in [0, 0.05) is 11.2 Å². The van der Waals surface area contributed by atoms with Gasteiger partial charge in [0.25, 0.3) is 0 Å². The fraction of sp³-hybridized carbons (Fsp3) is 0.944. The van der Waals surface area contributed by atoms with Gasteiger partial charge < -0.3 is 5.73 Å². The van der Waals surface area contributed by atoms with Gasteiger partial charge in [0.15, 0.2) is 0 Å². The molecule has 0 aromatic rings. The summed E-state index contributed by atoms with van der Waals surface area (Å²) in [5.41, 5.74) is 5.15. The summed E-state index contributed by atoms with van der Waals surface area (Å²) in [5.74, 6) is -0.186. The zero-order valence-corrected chi connectivity index (χ0v) is 15.6. The van der Waals surface area contributed by atoms with Crippen molar-refractivity contribution in [2.75, 3.05) is 0 Å². The van der Waals surface area contributed by atoms with Crippen LogP contribution in [0.4, 0.5) is 0 Å². The number of unbranched alkanes of at least 4 members (excludes halogenated alkanes) is 11. The highest BCUT2D eigenvalue weighted by Crippen LogP contribution is 2.17. The van der Waals surface area contributed by atoms with Gasteiger partial charge in [-0.15, -0.1) is 0 Å². The third-order valence-corrected chi connectivity index (χ3v) is 4.99. The Morgan fingerprint density at radius 2 is 1.24 bits per heavy atom. The van der Waals surface area contributed by atoms with Crippen LogP contribution in [0.1, 0.15) is 103 Å². The number of amides is 1. The Kier molecular flexibility index (Phi) is 16.3. The third kappa shape index (κ3) is 17.9. The van der Waals surface area contributed by atoms with Gasteiger partial charge in [0.2, 0.25) is 5.91 Å². The first kappa shape index (κ1) is 20.9. The van der Waals surface area contributed by atoms with Crippen LogP contribution < -0.4 is 5.73 Å². The van der Waals surface area contributed by atoms with E-state index in [1.807, 2.05) is 0 Å². The molecular weight excluding hydrogens is 326 g/mol. The first-order valence-electron chi connectivity index (χ1n) is 9.09. The van der Waals surface area contributed by atoms with Crippen LogP contribution in [0.5, 0.6) is 0 Å². The predicted molar refractivity (Wildman–Crippen MR) is 96.8 cm³/mol. The van der Waals surface area contributed by atoms with Crippen molar-refractivity contribution in [3.8, 4) is 0 Å². The molecule has 1 atom stereocenters. The van der Waals surface area contributed by atoms with Gasteiger partial charge in [-0.05, 0) is 12.8 Å². The molecule has 1 amide bonds. The molecule has 0 heterocycles. The summed E-state index contributed by atoms with van der Waals surface area (Å²) in [7, 11) is 0. The number of primary amides is 1. The number of carbonyl (C=O) groups excluding carboxylic acids is 1. The molecule has 0 aliphatic carbocycles. The van der Waals surface area contributed by atoms with E-state index < -0.39 is 0 Å². The standard InChI is InChI=1S/C18H36BrNO/c1-2-3-4-5-6-7-8-9-10-11-12-13-14-17(19)15-16-18(20)21/h17H,2-16H2,1H3,(H2,20,21). The lowest BCUT2D eigenvalue weighted by molar-refractivity contribution is -0.118. The number of halogens is 1. The van der Waals surface area contributed by atoms with Crippen LogP contribution in [0, 0.1) is 0 Å². The molecule has 0 aliphatic rings. The first-order chi connectivity index (χ1) is 10.2. The minimum atomic E-state index is -0.186. The van der Waals surface area contributed by atoms with Gasteiger partial charge in [-0.1, -0.05) is 99.9 Å². The maximum atomic E-state index is 10.7. The van der Waals surface area contributed by atoms with Crippen molar-refractivity contribution >= 4 is 21.8 Å². The van der Waals surface area contributed by atoms with Crippen molar-refractivity contribution < 1.29 is 4.79 Å². The van der Waals surface area contributed by atoms with Crippen molar-refractivity contribution in [3.05, 3.63) is 0 Å². The summed E-state index contributed by atoms with van der Waals surface area (Å²) in [5, 5.41) is 0. The van der Waals surface area contributed by atoms with Crippen LogP contribution in [0.3, 0.4) is 0 Å². The Morgan fingerprint density at radius 3 is 1.67 bits per heavy atom. The van der Waals surface area contributed by atoms with Gasteiger partial charge in [0.1, 0.15) is 0 Å². The molecule has 3 heteroatoms. The van der Waals surface area contributed by atoms with Crippen molar-refractivity contribution in [2.24, 2.45) is 5.73 Å². The topological polar surface area (TPSA) is 43.1 Å². The Bertz CT molecular complexity index is 233. The molecule has 0 rings (SSSR count). The van der Waals surface area contributed by atoms with Crippen molar-refractivity contribution in [1.29, 1.82) is 0 Å². The second-order valence-electron chi connectivity index (χ2n) is 6.28. The maximum Gasteiger partial charge on any atom is 0.217 e. The van der Waals surface area contributed by atoms with Gasteiger partial charge in [0.05, 0.1) is 0 Å². The highest BCUT2D eigenvalue weighted by Gasteiger charge is 2.05. The zero-order valence-electron chi connectivity index (χ0n) is 14.0. The SMILES string of the molecule is CCCCCCCCCCCCCCC(Br)CCC(N)=O. The van der Waals surface area contributed by atoms with E-state index in [1.165, 1.54) is 83.5 Å². The molecule has 0 saturated heterocycles. The monoisotopic (exact) mass is 361 g/mol. The van der Waals surface area contributed by atoms with Crippen molar-refractivity contribution in [2.45, 2.75) is 108 Å². The number of hydrogen-bond donors (Lipinski definition) is 1. The Labute approximate surface area is 140 Å². The predicted octanol–water partition coefficient (Wildman–Crippen LogP) is 6.11. The van der Waals surface area contributed by atoms with E-state index in [0.717, 1.165) is 6.42 Å². The van der Waals surface area contributed by atoms with Crippen LogP contribution in [0.2, 0.25) is 0 Å². The molecule has 21 heavy (non-hydrogen) atoms. The highest BCUT2D eigenvalue weighted by atomic mass is 79.9. The van der Waals surface area contributed by atoms with Gasteiger partial charge in [-0.2, -0.15) is 0 Å². The number of alkyl halides is 1. The van der Waals surface area contributed by atoms with Crippen LogP contribution in [-0.4, -0.2) is 10.7 Å². The molecule has 0 spiro atoms. The van der Waals surface area contributed by atoms with Crippen LogP contribution in [0.15, 0.2) is 0 Å². The molecule has 2 N–H and O–H groups in total. The van der Waals surface area contributed by atoms with E-state index in [-0.39, 0.29) is 5.91 Å². The molecule has 0 aromatic heterocycles. The fourth-order valence-electron chi connectivity index (χ4n) is 2.65. The lowest BCUT2D eigenvalue weighted by atomic mass is 10.0. The van der Waals surface area contributed by atoms with E-state index in [4.69, 9.17) is 5.73 Å². The Morgan fingerprint density at radius 1 is 0.810 bits per heavy atom. The number of carbonyl (C=O) groups is 1. The van der Waals surface area contributed by atoms with Crippen molar-refractivity contribution in [1.82, 2.24) is 0 Å². The summed E-state index contributed by atoms with van der Waals surface area (Å²) in [6, 6.07) is 0. The molecule has 0 radical (unpaired) electrons. The second-order valence-corrected chi connectivity index (χ2v) is 7.57. The number of hydrogen-bond acceptors (Lipinski definition) is 1. The summed E-state index contributed by atoms with van der Waals surface area (Å²) in [4.78, 5) is 11.1. The lowest BCUT2D eigenvalue weighted by Crippen LogP contribution is -2.12. The van der Waals surface area contributed by atoms with Crippen LogP contribution >= 0.6 is 15.9 Å². The average molecular weight is 362 g/mol. The summed E-state index contributed by atoms with van der Waals surface area (Å²) in [6.45, 7) is 2.27. The molecular formula is C18H36BrNO. The molecule has 126 valence electrons. The number of nitrogens with two attached hydrogens (primary N) is 1. The van der Waals surface area contributed by atoms with E-state index in [9.17, 15) is 4.79 Å². The summed E-state index contributed by atoms with van der Waals surface area (Å²) >= 11 is 3.63. The first-order valence-corrected chi connectivity index (χ1v) is 10.0. The summed E-state index contributed by atoms with van der Waals surface area (Å²) in [6.07, 6.45) is 19.2. The molecule has 0 saturated carbocycles. The van der Waals surface area contributed by atoms with Crippen LogP contribution in [-0.2, 0) is 4.79 Å². The van der Waals surface area contributed by atoms with Crippen molar-refractivity contribution in [3.63, 3.8) is 0 Å². The molecule has 0 aliphatic heterocycles. The molecule has 2 nitrogen and oxygen atoms in total. The molecule has 1 unspecified atom stereocenters. The van der Waals surface area contributed by atoms with E-state index in [1.54, 1.807) is 0 Å². The third-order valence-electron chi connectivity index (χ3n) is 4.07. The maximum absolute atomic E-state index is 10.7. The minimum absolute atomic E-state index is 0.186. The summed E-state index contributed by atoms with van der Waals surface area (Å²) < 4.78 is 0. The minimum Gasteiger partial charge on any atom is -0.370 e. The average Bonchev–Trinajstić information content (AvgIpc) is 2.46. The normalized spacial score (nSPS) is 12.5. The quantitative estimate of drug-likeness (QED) is 0.261. The smallest absolute Gasteiger partial charge is 0.217 e. The number of rotatable bonds is 16. The van der Waals surface area contributed by atoms with E-state index >= 15 is 0 Å². The molecule has 0 aromatic carbocycles. The second kappa shape index (κ2) is 16.3. The van der Waals surface area contributed by atoms with Gasteiger partial charge in [-0.25, -0.2) is 0 Å². The van der Waals surface area contributed by atoms with E-state index in [0.29, 0.717) is 11.2 Å². The fourth-order valence-corrected chi connectivity index (χ4v) is 3.20. The van der Waals surface area contributed by atoms with Gasteiger partial charge in [-0.3, -0.25) is 4.79 Å². The van der Waals surface area contributed by atoms with E-state index in [2.05, 4.69) is 22.9 Å².